The quantitative estimate of drug-likeness (QED) is 0.376. The molecule has 0 aliphatic carbocycles. The molecular weight excluding hydrogens is 454 g/mol. The fraction of sp³-hybridized carbons (Fsp3) is 0.714. The van der Waals surface area contributed by atoms with Gasteiger partial charge in [0.05, 0.1) is 12.1 Å². The highest BCUT2D eigenvalue weighted by molar-refractivity contribution is 14.0. The van der Waals surface area contributed by atoms with Crippen LogP contribution in [-0.2, 0) is 6.42 Å². The summed E-state index contributed by atoms with van der Waals surface area (Å²) in [6, 6.07) is 0. The van der Waals surface area contributed by atoms with E-state index in [1.54, 1.807) is 11.3 Å². The van der Waals surface area contributed by atoms with Crippen LogP contribution in [0.3, 0.4) is 0 Å². The first kappa shape index (κ1) is 21.3. The fourth-order valence-electron chi connectivity index (χ4n) is 2.32. The SMILES string of the molecule is CN=C(NCCc1csc(N2CCCC2)n1)NCCC(F)(F)F.I. The maximum absolute atomic E-state index is 12.1. The van der Waals surface area contributed by atoms with Crippen molar-refractivity contribution in [3.63, 3.8) is 0 Å². The lowest BCUT2D eigenvalue weighted by Crippen LogP contribution is -2.39. The summed E-state index contributed by atoms with van der Waals surface area (Å²) >= 11 is 1.64. The molecule has 138 valence electrons. The molecule has 0 aromatic carbocycles. The summed E-state index contributed by atoms with van der Waals surface area (Å²) in [7, 11) is 1.54. The predicted molar refractivity (Wildman–Crippen MR) is 103 cm³/mol. The van der Waals surface area contributed by atoms with E-state index in [2.05, 4.69) is 25.5 Å². The van der Waals surface area contributed by atoms with Gasteiger partial charge in [0.25, 0.3) is 0 Å². The molecule has 1 aromatic rings. The van der Waals surface area contributed by atoms with Gasteiger partial charge in [0.1, 0.15) is 0 Å². The van der Waals surface area contributed by atoms with E-state index >= 15 is 0 Å². The summed E-state index contributed by atoms with van der Waals surface area (Å²) in [5, 5.41) is 8.76. The molecule has 0 radical (unpaired) electrons. The summed E-state index contributed by atoms with van der Waals surface area (Å²) in [5.74, 6) is 0.379. The van der Waals surface area contributed by atoms with E-state index in [0.717, 1.165) is 23.9 Å². The Hall–Kier alpha value is -0.780. The van der Waals surface area contributed by atoms with Crippen molar-refractivity contribution < 1.29 is 13.2 Å². The molecule has 2 rings (SSSR count). The van der Waals surface area contributed by atoms with E-state index in [0.29, 0.717) is 18.9 Å². The first-order valence-corrected chi connectivity index (χ1v) is 8.56. The Kier molecular flexibility index (Phi) is 9.09. The fourth-order valence-corrected chi connectivity index (χ4v) is 3.23. The average Bonchev–Trinajstić information content (AvgIpc) is 3.15. The second-order valence-corrected chi connectivity index (χ2v) is 6.19. The minimum Gasteiger partial charge on any atom is -0.356 e. The van der Waals surface area contributed by atoms with Crippen molar-refractivity contribution in [1.82, 2.24) is 15.6 Å². The Morgan fingerprint density at radius 1 is 1.29 bits per heavy atom. The molecule has 0 spiro atoms. The Morgan fingerprint density at radius 3 is 2.58 bits per heavy atom. The first-order chi connectivity index (χ1) is 11.0. The number of hydrogen-bond donors (Lipinski definition) is 2. The zero-order valence-electron chi connectivity index (χ0n) is 13.5. The number of anilines is 1. The number of aromatic nitrogens is 1. The largest absolute Gasteiger partial charge is 0.390 e. The number of aliphatic imine (C=N–C) groups is 1. The molecule has 24 heavy (non-hydrogen) atoms. The Bertz CT molecular complexity index is 515. The third-order valence-electron chi connectivity index (χ3n) is 3.51. The molecule has 0 amide bonds. The number of thiazole rings is 1. The van der Waals surface area contributed by atoms with Crippen LogP contribution in [0.4, 0.5) is 18.3 Å². The van der Waals surface area contributed by atoms with Crippen LogP contribution in [0.5, 0.6) is 0 Å². The normalized spacial score (nSPS) is 15.3. The molecule has 1 aromatic heterocycles. The first-order valence-electron chi connectivity index (χ1n) is 7.68. The molecule has 0 bridgehead atoms. The summed E-state index contributed by atoms with van der Waals surface area (Å²) in [6.45, 7) is 2.54. The number of halogens is 4. The van der Waals surface area contributed by atoms with Crippen LogP contribution in [0, 0.1) is 0 Å². The topological polar surface area (TPSA) is 52.6 Å². The number of alkyl halides is 3. The van der Waals surface area contributed by atoms with E-state index in [-0.39, 0.29) is 30.5 Å². The van der Waals surface area contributed by atoms with Crippen molar-refractivity contribution >= 4 is 46.4 Å². The average molecular weight is 477 g/mol. The van der Waals surface area contributed by atoms with Gasteiger partial charge in [-0.25, -0.2) is 4.98 Å². The number of nitrogens with one attached hydrogen (secondary N) is 2. The highest BCUT2D eigenvalue weighted by atomic mass is 127. The third-order valence-corrected chi connectivity index (χ3v) is 4.46. The molecule has 1 fully saturated rings. The van der Waals surface area contributed by atoms with Gasteiger partial charge in [0.15, 0.2) is 11.1 Å². The number of hydrogen-bond acceptors (Lipinski definition) is 4. The van der Waals surface area contributed by atoms with Crippen molar-refractivity contribution in [1.29, 1.82) is 0 Å². The van der Waals surface area contributed by atoms with Crippen molar-refractivity contribution in [3.8, 4) is 0 Å². The second kappa shape index (κ2) is 10.3. The van der Waals surface area contributed by atoms with E-state index < -0.39 is 12.6 Å². The summed E-state index contributed by atoms with van der Waals surface area (Å²) in [5.41, 5.74) is 0.996. The van der Waals surface area contributed by atoms with Crippen molar-refractivity contribution in [2.24, 2.45) is 4.99 Å². The van der Waals surface area contributed by atoms with Crippen molar-refractivity contribution in [2.45, 2.75) is 31.9 Å². The van der Waals surface area contributed by atoms with E-state index in [4.69, 9.17) is 0 Å². The van der Waals surface area contributed by atoms with Crippen LogP contribution in [0.25, 0.3) is 0 Å². The van der Waals surface area contributed by atoms with Crippen molar-refractivity contribution in [2.75, 3.05) is 38.1 Å². The number of nitrogens with zero attached hydrogens (tertiary/aromatic N) is 3. The van der Waals surface area contributed by atoms with Crippen LogP contribution < -0.4 is 15.5 Å². The molecule has 10 heteroatoms. The molecule has 0 saturated carbocycles. The summed E-state index contributed by atoms with van der Waals surface area (Å²) < 4.78 is 36.3. The molecule has 1 aliphatic heterocycles. The van der Waals surface area contributed by atoms with Gasteiger partial charge in [0, 0.05) is 45.0 Å². The predicted octanol–water partition coefficient (Wildman–Crippen LogP) is 3.02. The highest BCUT2D eigenvalue weighted by Gasteiger charge is 2.26. The van der Waals surface area contributed by atoms with Gasteiger partial charge in [-0.1, -0.05) is 0 Å². The smallest absolute Gasteiger partial charge is 0.356 e. The van der Waals surface area contributed by atoms with E-state index in [9.17, 15) is 13.2 Å². The van der Waals surface area contributed by atoms with Gasteiger partial charge in [0.2, 0.25) is 0 Å². The Morgan fingerprint density at radius 2 is 1.96 bits per heavy atom. The second-order valence-electron chi connectivity index (χ2n) is 5.36. The molecule has 1 aliphatic rings. The Balaban J connectivity index is 0.00000288. The molecule has 1 saturated heterocycles. The van der Waals surface area contributed by atoms with Crippen LogP contribution in [-0.4, -0.2) is 50.3 Å². The highest BCUT2D eigenvalue weighted by Crippen LogP contribution is 2.24. The lowest BCUT2D eigenvalue weighted by Gasteiger charge is -2.13. The monoisotopic (exact) mass is 477 g/mol. The van der Waals surface area contributed by atoms with Gasteiger partial charge in [-0.2, -0.15) is 13.2 Å². The standard InChI is InChI=1S/C14H22F3N5S.HI/c1-18-12(20-7-5-14(15,16)17)19-6-4-11-10-23-13(21-11)22-8-2-3-9-22;/h10H,2-9H2,1H3,(H2,18,19,20);1H. The number of rotatable bonds is 6. The molecule has 0 unspecified atom stereocenters. The van der Waals surface area contributed by atoms with Crippen molar-refractivity contribution in [3.05, 3.63) is 11.1 Å². The lowest BCUT2D eigenvalue weighted by atomic mass is 10.3. The summed E-state index contributed by atoms with van der Waals surface area (Å²) in [6.07, 6.45) is -1.88. The van der Waals surface area contributed by atoms with Gasteiger partial charge in [-0.15, -0.1) is 35.3 Å². The lowest BCUT2D eigenvalue weighted by molar-refractivity contribution is -0.132. The maximum atomic E-state index is 12.1. The Labute approximate surface area is 161 Å². The summed E-state index contributed by atoms with van der Waals surface area (Å²) in [4.78, 5) is 10.8. The minimum atomic E-state index is -4.15. The molecular formula is C14H23F3IN5S. The van der Waals surface area contributed by atoms with Crippen LogP contribution in [0.1, 0.15) is 25.0 Å². The van der Waals surface area contributed by atoms with Crippen LogP contribution in [0.15, 0.2) is 10.4 Å². The maximum Gasteiger partial charge on any atom is 0.390 e. The van der Waals surface area contributed by atoms with Crippen LogP contribution in [0.2, 0.25) is 0 Å². The molecule has 2 heterocycles. The number of guanidine groups is 1. The zero-order chi connectivity index (χ0) is 16.7. The molecule has 0 atom stereocenters. The van der Waals surface area contributed by atoms with Gasteiger partial charge < -0.3 is 15.5 Å². The van der Waals surface area contributed by atoms with Gasteiger partial charge in [-0.05, 0) is 12.8 Å². The van der Waals surface area contributed by atoms with Gasteiger partial charge >= 0.3 is 6.18 Å². The van der Waals surface area contributed by atoms with Crippen LogP contribution >= 0.6 is 35.3 Å². The van der Waals surface area contributed by atoms with Gasteiger partial charge in [-0.3, -0.25) is 4.99 Å². The van der Waals surface area contributed by atoms with E-state index in [1.165, 1.54) is 19.9 Å². The molecule has 5 nitrogen and oxygen atoms in total. The zero-order valence-corrected chi connectivity index (χ0v) is 16.7. The van der Waals surface area contributed by atoms with E-state index in [1.807, 2.05) is 5.38 Å². The minimum absolute atomic E-state index is 0. The molecule has 2 N–H and O–H groups in total. The third kappa shape index (κ3) is 7.41.